The predicted octanol–water partition coefficient (Wildman–Crippen LogP) is 3.93. The number of hydrogen-bond donors (Lipinski definition) is 1. The second-order valence-electron chi connectivity index (χ2n) is 5.63. The van der Waals surface area contributed by atoms with Crippen LogP contribution < -0.4 is 5.32 Å². The van der Waals surface area contributed by atoms with Crippen molar-refractivity contribution in [2.45, 2.75) is 6.04 Å². The molecule has 0 aliphatic rings. The molecule has 0 fully saturated rings. The van der Waals surface area contributed by atoms with Crippen molar-refractivity contribution in [2.75, 3.05) is 7.11 Å². The van der Waals surface area contributed by atoms with E-state index in [1.54, 1.807) is 48.7 Å². The van der Waals surface area contributed by atoms with E-state index in [2.05, 4.69) is 26.3 Å². The van der Waals surface area contributed by atoms with Crippen molar-refractivity contribution >= 4 is 39.4 Å². The SMILES string of the molecule is COC(=O)C(NC(=O)c1cnn(-c2cccc(Cl)c2)c1)c1ccc(Br)cc1. The molecule has 0 spiro atoms. The highest BCUT2D eigenvalue weighted by atomic mass is 79.9. The summed E-state index contributed by atoms with van der Waals surface area (Å²) in [5.74, 6) is -1.01. The van der Waals surface area contributed by atoms with Gasteiger partial charge in [0.15, 0.2) is 6.04 Å². The Morgan fingerprint density at radius 2 is 1.96 bits per heavy atom. The summed E-state index contributed by atoms with van der Waals surface area (Å²) in [5.41, 5.74) is 1.64. The Kier molecular flexibility index (Phi) is 5.93. The number of aromatic nitrogens is 2. The van der Waals surface area contributed by atoms with Crippen molar-refractivity contribution in [2.24, 2.45) is 0 Å². The Morgan fingerprint density at radius 3 is 2.63 bits per heavy atom. The lowest BCUT2D eigenvalue weighted by Crippen LogP contribution is -2.34. The number of nitrogens with zero attached hydrogens (tertiary/aromatic N) is 2. The van der Waals surface area contributed by atoms with E-state index < -0.39 is 17.9 Å². The molecule has 3 aromatic rings. The zero-order valence-electron chi connectivity index (χ0n) is 14.2. The van der Waals surface area contributed by atoms with E-state index in [-0.39, 0.29) is 0 Å². The lowest BCUT2D eigenvalue weighted by molar-refractivity contribution is -0.143. The summed E-state index contributed by atoms with van der Waals surface area (Å²) in [6.07, 6.45) is 2.99. The van der Waals surface area contributed by atoms with Crippen LogP contribution in [-0.2, 0) is 9.53 Å². The molecule has 138 valence electrons. The van der Waals surface area contributed by atoms with Gasteiger partial charge in [-0.25, -0.2) is 9.48 Å². The second kappa shape index (κ2) is 8.37. The molecule has 8 heteroatoms. The third-order valence-corrected chi connectivity index (χ3v) is 4.60. The highest BCUT2D eigenvalue weighted by molar-refractivity contribution is 9.10. The number of hydrogen-bond acceptors (Lipinski definition) is 4. The number of carbonyl (C=O) groups excluding carboxylic acids is 2. The largest absolute Gasteiger partial charge is 0.467 e. The first kappa shape index (κ1) is 19.1. The van der Waals surface area contributed by atoms with Gasteiger partial charge in [-0.2, -0.15) is 5.10 Å². The molecule has 6 nitrogen and oxygen atoms in total. The molecule has 1 heterocycles. The molecule has 0 bridgehead atoms. The van der Waals surface area contributed by atoms with E-state index in [4.69, 9.17) is 16.3 Å². The van der Waals surface area contributed by atoms with Gasteiger partial charge in [0.25, 0.3) is 5.91 Å². The van der Waals surface area contributed by atoms with Crippen LogP contribution in [0.15, 0.2) is 65.4 Å². The number of amides is 1. The fourth-order valence-electron chi connectivity index (χ4n) is 2.47. The van der Waals surface area contributed by atoms with Crippen LogP contribution in [0.5, 0.6) is 0 Å². The minimum absolute atomic E-state index is 0.306. The molecule has 0 aliphatic carbocycles. The molecular weight excluding hydrogens is 434 g/mol. The van der Waals surface area contributed by atoms with Crippen molar-refractivity contribution in [1.82, 2.24) is 15.1 Å². The maximum absolute atomic E-state index is 12.6. The average Bonchev–Trinajstić information content (AvgIpc) is 3.16. The number of methoxy groups -OCH3 is 1. The summed E-state index contributed by atoms with van der Waals surface area (Å²) >= 11 is 9.33. The van der Waals surface area contributed by atoms with Crippen LogP contribution in [0.2, 0.25) is 5.02 Å². The van der Waals surface area contributed by atoms with Gasteiger partial charge in [-0.3, -0.25) is 4.79 Å². The van der Waals surface area contributed by atoms with Gasteiger partial charge in [0, 0.05) is 15.7 Å². The van der Waals surface area contributed by atoms with Crippen molar-refractivity contribution in [3.05, 3.63) is 81.5 Å². The summed E-state index contributed by atoms with van der Waals surface area (Å²) in [6.45, 7) is 0. The van der Waals surface area contributed by atoms with Gasteiger partial charge in [-0.05, 0) is 35.9 Å². The van der Waals surface area contributed by atoms with Crippen LogP contribution in [0.4, 0.5) is 0 Å². The molecule has 3 rings (SSSR count). The maximum Gasteiger partial charge on any atom is 0.333 e. The predicted molar refractivity (Wildman–Crippen MR) is 105 cm³/mol. The summed E-state index contributed by atoms with van der Waals surface area (Å²) in [7, 11) is 1.28. The number of ether oxygens (including phenoxy) is 1. The van der Waals surface area contributed by atoms with Gasteiger partial charge in [0.05, 0.1) is 24.6 Å². The van der Waals surface area contributed by atoms with Crippen LogP contribution in [0.3, 0.4) is 0 Å². The van der Waals surface area contributed by atoms with E-state index in [1.807, 2.05) is 6.07 Å². The third kappa shape index (κ3) is 4.56. The highest BCUT2D eigenvalue weighted by Crippen LogP contribution is 2.19. The van der Waals surface area contributed by atoms with E-state index in [0.717, 1.165) is 10.2 Å². The second-order valence-corrected chi connectivity index (χ2v) is 6.99. The lowest BCUT2D eigenvalue weighted by atomic mass is 10.1. The first-order chi connectivity index (χ1) is 13.0. The number of nitrogens with one attached hydrogen (secondary N) is 1. The molecule has 0 saturated carbocycles. The molecular formula is C19H15BrClN3O3. The summed E-state index contributed by atoms with van der Waals surface area (Å²) in [5, 5.41) is 7.43. The molecule has 0 saturated heterocycles. The van der Waals surface area contributed by atoms with Crippen LogP contribution in [-0.4, -0.2) is 28.8 Å². The van der Waals surface area contributed by atoms with E-state index >= 15 is 0 Å². The molecule has 2 aromatic carbocycles. The average molecular weight is 449 g/mol. The molecule has 1 unspecified atom stereocenters. The molecule has 0 radical (unpaired) electrons. The van der Waals surface area contributed by atoms with E-state index in [9.17, 15) is 9.59 Å². The third-order valence-electron chi connectivity index (χ3n) is 3.83. The van der Waals surface area contributed by atoms with Crippen molar-refractivity contribution in [3.8, 4) is 5.69 Å². The number of esters is 1. The lowest BCUT2D eigenvalue weighted by Gasteiger charge is -2.16. The molecule has 1 amide bonds. The van der Waals surface area contributed by atoms with Gasteiger partial charge in [-0.15, -0.1) is 0 Å². The fraction of sp³-hybridized carbons (Fsp3) is 0.105. The van der Waals surface area contributed by atoms with Gasteiger partial charge in [0.1, 0.15) is 0 Å². The quantitative estimate of drug-likeness (QED) is 0.600. The molecule has 0 aliphatic heterocycles. The number of carbonyl (C=O) groups is 2. The van der Waals surface area contributed by atoms with Crippen LogP contribution in [0.1, 0.15) is 22.0 Å². The Bertz CT molecular complexity index is 972. The zero-order valence-corrected chi connectivity index (χ0v) is 16.6. The standard InChI is InChI=1S/C19H15BrClN3O3/c1-27-19(26)17(12-5-7-14(20)8-6-12)23-18(25)13-10-22-24(11-13)16-4-2-3-15(21)9-16/h2-11,17H,1H3,(H,23,25). The summed E-state index contributed by atoms with van der Waals surface area (Å²) < 4.78 is 7.22. The van der Waals surface area contributed by atoms with Crippen molar-refractivity contribution in [3.63, 3.8) is 0 Å². The Hall–Kier alpha value is -2.64. The maximum atomic E-state index is 12.6. The molecule has 1 aromatic heterocycles. The summed E-state index contributed by atoms with van der Waals surface area (Å²) in [6, 6.07) is 13.2. The van der Waals surface area contributed by atoms with Crippen LogP contribution in [0.25, 0.3) is 5.69 Å². The first-order valence-electron chi connectivity index (χ1n) is 7.92. The van der Waals surface area contributed by atoms with E-state index in [1.165, 1.54) is 18.0 Å². The minimum Gasteiger partial charge on any atom is -0.467 e. The molecule has 1 atom stereocenters. The number of rotatable bonds is 5. The van der Waals surface area contributed by atoms with Gasteiger partial charge in [0.2, 0.25) is 0 Å². The number of benzene rings is 2. The molecule has 27 heavy (non-hydrogen) atoms. The minimum atomic E-state index is -0.926. The topological polar surface area (TPSA) is 73.2 Å². The smallest absolute Gasteiger partial charge is 0.333 e. The Morgan fingerprint density at radius 1 is 1.22 bits per heavy atom. The summed E-state index contributed by atoms with van der Waals surface area (Å²) in [4.78, 5) is 24.8. The van der Waals surface area contributed by atoms with Crippen molar-refractivity contribution in [1.29, 1.82) is 0 Å². The normalized spacial score (nSPS) is 11.7. The Balaban J connectivity index is 1.82. The van der Waals surface area contributed by atoms with Gasteiger partial charge < -0.3 is 10.1 Å². The first-order valence-corrected chi connectivity index (χ1v) is 9.10. The van der Waals surface area contributed by atoms with Crippen LogP contribution >= 0.6 is 27.5 Å². The Labute approximate surface area is 169 Å². The fourth-order valence-corrected chi connectivity index (χ4v) is 2.91. The monoisotopic (exact) mass is 447 g/mol. The number of halogens is 2. The highest BCUT2D eigenvalue weighted by Gasteiger charge is 2.24. The van der Waals surface area contributed by atoms with Crippen LogP contribution in [0, 0.1) is 0 Å². The van der Waals surface area contributed by atoms with Crippen molar-refractivity contribution < 1.29 is 14.3 Å². The zero-order chi connectivity index (χ0) is 19.4. The van der Waals surface area contributed by atoms with Gasteiger partial charge in [-0.1, -0.05) is 45.7 Å². The molecule has 1 N–H and O–H groups in total. The van der Waals surface area contributed by atoms with E-state index in [0.29, 0.717) is 16.1 Å². The van der Waals surface area contributed by atoms with Gasteiger partial charge >= 0.3 is 5.97 Å².